The first-order valence-corrected chi connectivity index (χ1v) is 9.26. The Morgan fingerprint density at radius 3 is 2.25 bits per heavy atom. The highest BCUT2D eigenvalue weighted by molar-refractivity contribution is 6.39. The largest absolute Gasteiger partial charge is 0.494 e. The lowest BCUT2D eigenvalue weighted by molar-refractivity contribution is -0.122. The molecule has 1 heterocycles. The zero-order chi connectivity index (χ0) is 20.1. The third-order valence-electron chi connectivity index (χ3n) is 4.37. The van der Waals surface area contributed by atoms with Gasteiger partial charge < -0.3 is 4.74 Å². The first-order valence-electron chi connectivity index (χ1n) is 9.26. The minimum Gasteiger partial charge on any atom is -0.494 e. The molecule has 0 aromatic heterocycles. The van der Waals surface area contributed by atoms with Crippen LogP contribution in [0, 0.1) is 0 Å². The molecular weight excluding hydrogens is 356 g/mol. The van der Waals surface area contributed by atoms with Gasteiger partial charge in [0.25, 0.3) is 11.8 Å². The lowest BCUT2D eigenvalue weighted by atomic mass is 10.1. The van der Waals surface area contributed by atoms with Crippen LogP contribution in [0.25, 0.3) is 6.08 Å². The molecule has 28 heavy (non-hydrogen) atoms. The Morgan fingerprint density at radius 2 is 1.64 bits per heavy atom. The highest BCUT2D eigenvalue weighted by Crippen LogP contribution is 2.23. The highest BCUT2D eigenvalue weighted by Gasteiger charge is 2.36. The van der Waals surface area contributed by atoms with Gasteiger partial charge in [0.15, 0.2) is 0 Å². The summed E-state index contributed by atoms with van der Waals surface area (Å²) in [6, 6.07) is 13.4. The SMILES string of the molecule is CCCOc1ccc(/C=C2\C(=O)NC(=O)N(c3ccc(CC)cc3)C2=O)cc1. The van der Waals surface area contributed by atoms with Crippen molar-refractivity contribution in [2.24, 2.45) is 0 Å². The van der Waals surface area contributed by atoms with Crippen molar-refractivity contribution < 1.29 is 19.1 Å². The van der Waals surface area contributed by atoms with Crippen LogP contribution >= 0.6 is 0 Å². The summed E-state index contributed by atoms with van der Waals surface area (Å²) in [5.74, 6) is -0.636. The van der Waals surface area contributed by atoms with Crippen LogP contribution < -0.4 is 15.0 Å². The van der Waals surface area contributed by atoms with Crippen LogP contribution in [0.5, 0.6) is 5.75 Å². The Labute approximate surface area is 163 Å². The van der Waals surface area contributed by atoms with E-state index in [2.05, 4.69) is 5.32 Å². The van der Waals surface area contributed by atoms with Crippen LogP contribution in [0.2, 0.25) is 0 Å². The highest BCUT2D eigenvalue weighted by atomic mass is 16.5. The van der Waals surface area contributed by atoms with E-state index in [9.17, 15) is 14.4 Å². The molecule has 3 rings (SSSR count). The van der Waals surface area contributed by atoms with Crippen LogP contribution in [0.1, 0.15) is 31.4 Å². The number of carbonyl (C=O) groups excluding carboxylic acids is 3. The summed E-state index contributed by atoms with van der Waals surface area (Å²) in [4.78, 5) is 38.3. The normalized spacial score (nSPS) is 15.7. The molecule has 0 spiro atoms. The van der Waals surface area contributed by atoms with E-state index in [1.165, 1.54) is 6.08 Å². The molecule has 1 saturated heterocycles. The fraction of sp³-hybridized carbons (Fsp3) is 0.227. The minimum atomic E-state index is -0.750. The van der Waals surface area contributed by atoms with Crippen LogP contribution in [-0.4, -0.2) is 24.5 Å². The maximum absolute atomic E-state index is 12.9. The standard InChI is InChI=1S/C22H22N2O4/c1-3-13-28-18-11-7-16(8-12-18)14-19-20(25)23-22(27)24(21(19)26)17-9-5-15(4-2)6-10-17/h5-12,14H,3-4,13H2,1-2H3,(H,23,25,27)/b19-14+. The van der Waals surface area contributed by atoms with Crippen molar-refractivity contribution in [3.05, 3.63) is 65.2 Å². The van der Waals surface area contributed by atoms with E-state index >= 15 is 0 Å². The Balaban J connectivity index is 1.87. The molecule has 6 nitrogen and oxygen atoms in total. The molecule has 144 valence electrons. The summed E-state index contributed by atoms with van der Waals surface area (Å²) in [6.07, 6.45) is 3.23. The third kappa shape index (κ3) is 4.11. The molecule has 0 saturated carbocycles. The van der Waals surface area contributed by atoms with Gasteiger partial charge in [-0.25, -0.2) is 9.69 Å². The first kappa shape index (κ1) is 19.4. The number of urea groups is 1. The molecule has 0 bridgehead atoms. The van der Waals surface area contributed by atoms with E-state index in [0.29, 0.717) is 17.9 Å². The van der Waals surface area contributed by atoms with Crippen LogP contribution in [0.15, 0.2) is 54.1 Å². The number of barbiturate groups is 1. The average molecular weight is 378 g/mol. The van der Waals surface area contributed by atoms with Crippen LogP contribution in [0.4, 0.5) is 10.5 Å². The van der Waals surface area contributed by atoms with E-state index < -0.39 is 17.8 Å². The molecule has 2 aromatic carbocycles. The predicted molar refractivity (Wildman–Crippen MR) is 107 cm³/mol. The minimum absolute atomic E-state index is 0.0959. The number of hydrogen-bond donors (Lipinski definition) is 1. The van der Waals surface area contributed by atoms with Crippen molar-refractivity contribution in [3.8, 4) is 5.75 Å². The number of benzene rings is 2. The van der Waals surface area contributed by atoms with Crippen molar-refractivity contribution in [1.82, 2.24) is 5.32 Å². The van der Waals surface area contributed by atoms with Gasteiger partial charge in [-0.05, 0) is 54.3 Å². The second-order valence-electron chi connectivity index (χ2n) is 6.40. The monoisotopic (exact) mass is 378 g/mol. The average Bonchev–Trinajstić information content (AvgIpc) is 2.71. The first-order chi connectivity index (χ1) is 13.5. The number of ether oxygens (including phenoxy) is 1. The number of amides is 4. The second kappa shape index (κ2) is 8.52. The van der Waals surface area contributed by atoms with E-state index in [4.69, 9.17) is 4.74 Å². The summed E-state index contributed by atoms with van der Waals surface area (Å²) in [5.41, 5.74) is 2.08. The van der Waals surface area contributed by atoms with E-state index in [0.717, 1.165) is 29.1 Å². The van der Waals surface area contributed by atoms with Gasteiger partial charge in [0.2, 0.25) is 0 Å². The van der Waals surface area contributed by atoms with Gasteiger partial charge in [-0.3, -0.25) is 14.9 Å². The molecule has 2 aromatic rings. The number of imide groups is 2. The molecule has 1 aliphatic rings. The second-order valence-corrected chi connectivity index (χ2v) is 6.40. The lowest BCUT2D eigenvalue weighted by Gasteiger charge is -2.26. The lowest BCUT2D eigenvalue weighted by Crippen LogP contribution is -2.54. The molecule has 0 unspecified atom stereocenters. The number of carbonyl (C=O) groups is 3. The maximum atomic E-state index is 12.9. The van der Waals surface area contributed by atoms with E-state index in [-0.39, 0.29) is 5.57 Å². The number of aryl methyl sites for hydroxylation is 1. The van der Waals surface area contributed by atoms with Gasteiger partial charge in [0.05, 0.1) is 12.3 Å². The smallest absolute Gasteiger partial charge is 0.335 e. The summed E-state index contributed by atoms with van der Waals surface area (Å²) < 4.78 is 5.53. The zero-order valence-corrected chi connectivity index (χ0v) is 15.9. The van der Waals surface area contributed by atoms with Gasteiger partial charge in [0.1, 0.15) is 11.3 Å². The molecule has 1 aliphatic heterocycles. The van der Waals surface area contributed by atoms with E-state index in [1.807, 2.05) is 26.0 Å². The van der Waals surface area contributed by atoms with E-state index in [1.54, 1.807) is 36.4 Å². The molecule has 0 aliphatic carbocycles. The molecular formula is C22H22N2O4. The number of nitrogens with one attached hydrogen (secondary N) is 1. The molecule has 6 heteroatoms. The van der Waals surface area contributed by atoms with Crippen molar-refractivity contribution >= 4 is 29.6 Å². The Hall–Kier alpha value is -3.41. The molecule has 0 radical (unpaired) electrons. The molecule has 0 atom stereocenters. The van der Waals surface area contributed by atoms with Crippen molar-refractivity contribution in [3.63, 3.8) is 0 Å². The van der Waals surface area contributed by atoms with Gasteiger partial charge in [-0.1, -0.05) is 38.1 Å². The van der Waals surface area contributed by atoms with Crippen molar-refractivity contribution in [2.75, 3.05) is 11.5 Å². The number of rotatable bonds is 6. The van der Waals surface area contributed by atoms with Gasteiger partial charge in [0, 0.05) is 0 Å². The number of nitrogens with zero attached hydrogens (tertiary/aromatic N) is 1. The maximum Gasteiger partial charge on any atom is 0.335 e. The predicted octanol–water partition coefficient (Wildman–Crippen LogP) is 3.70. The molecule has 4 amide bonds. The summed E-state index contributed by atoms with van der Waals surface area (Å²) in [7, 11) is 0. The van der Waals surface area contributed by atoms with Crippen LogP contribution in [0.3, 0.4) is 0 Å². The van der Waals surface area contributed by atoms with Crippen LogP contribution in [-0.2, 0) is 16.0 Å². The fourth-order valence-corrected chi connectivity index (χ4v) is 2.82. The third-order valence-corrected chi connectivity index (χ3v) is 4.37. The number of hydrogen-bond acceptors (Lipinski definition) is 4. The van der Waals surface area contributed by atoms with Crippen molar-refractivity contribution in [1.29, 1.82) is 0 Å². The summed E-state index contributed by atoms with van der Waals surface area (Å²) >= 11 is 0. The van der Waals surface area contributed by atoms with Gasteiger partial charge in [-0.2, -0.15) is 0 Å². The zero-order valence-electron chi connectivity index (χ0n) is 15.9. The summed E-state index contributed by atoms with van der Waals surface area (Å²) in [5, 5.41) is 2.23. The van der Waals surface area contributed by atoms with Gasteiger partial charge in [-0.15, -0.1) is 0 Å². The topological polar surface area (TPSA) is 75.7 Å². The number of anilines is 1. The Bertz CT molecular complexity index is 915. The Kier molecular flexibility index (Phi) is 5.89. The molecule has 1 N–H and O–H groups in total. The Morgan fingerprint density at radius 1 is 0.964 bits per heavy atom. The summed E-state index contributed by atoms with van der Waals surface area (Å²) in [6.45, 7) is 4.66. The van der Waals surface area contributed by atoms with Gasteiger partial charge >= 0.3 is 6.03 Å². The quantitative estimate of drug-likeness (QED) is 0.614. The molecule has 1 fully saturated rings. The van der Waals surface area contributed by atoms with Crippen molar-refractivity contribution in [2.45, 2.75) is 26.7 Å². The fourth-order valence-electron chi connectivity index (χ4n) is 2.82.